The molecule has 0 fully saturated rings. The summed E-state index contributed by atoms with van der Waals surface area (Å²) in [4.78, 5) is 13.9. The van der Waals surface area contributed by atoms with E-state index in [2.05, 4.69) is 30.4 Å². The second kappa shape index (κ2) is 7.41. The molecule has 2 unspecified atom stereocenters. The number of benzene rings is 1. The maximum atomic E-state index is 11.9. The maximum Gasteiger partial charge on any atom is 0.234 e. The van der Waals surface area contributed by atoms with Crippen LogP contribution in [0.15, 0.2) is 24.3 Å². The van der Waals surface area contributed by atoms with Crippen LogP contribution in [-0.2, 0) is 4.79 Å². The molecule has 0 heterocycles. The number of carbonyl (C=O) groups is 1. The first kappa shape index (κ1) is 16.7. The van der Waals surface area contributed by atoms with Crippen molar-refractivity contribution in [3.63, 3.8) is 0 Å². The van der Waals surface area contributed by atoms with Crippen LogP contribution in [0.5, 0.6) is 0 Å². The first-order valence-electron chi connectivity index (χ1n) is 7.13. The average molecular weight is 277 g/mol. The second-order valence-electron chi connectivity index (χ2n) is 5.86. The van der Waals surface area contributed by atoms with E-state index >= 15 is 0 Å². The highest BCUT2D eigenvalue weighted by atomic mass is 16.2. The molecule has 0 aromatic heterocycles. The molecule has 1 amide bonds. The minimum absolute atomic E-state index is 0.0285. The van der Waals surface area contributed by atoms with Gasteiger partial charge in [0.15, 0.2) is 0 Å². The van der Waals surface area contributed by atoms with Gasteiger partial charge in [0.2, 0.25) is 5.91 Å². The monoisotopic (exact) mass is 277 g/mol. The van der Waals surface area contributed by atoms with Crippen LogP contribution >= 0.6 is 0 Å². The second-order valence-corrected chi connectivity index (χ2v) is 5.86. The summed E-state index contributed by atoms with van der Waals surface area (Å²) in [5.74, 6) is 0.0285. The van der Waals surface area contributed by atoms with Crippen LogP contribution in [0.2, 0.25) is 0 Å². The van der Waals surface area contributed by atoms with Gasteiger partial charge in [-0.25, -0.2) is 0 Å². The van der Waals surface area contributed by atoms with Crippen LogP contribution in [0, 0.1) is 6.92 Å². The fraction of sp³-hybridized carbons (Fsp3) is 0.562. The number of hydrogen-bond donors (Lipinski definition) is 2. The summed E-state index contributed by atoms with van der Waals surface area (Å²) in [5, 5.41) is 2.91. The summed E-state index contributed by atoms with van der Waals surface area (Å²) in [7, 11) is 1.94. The van der Waals surface area contributed by atoms with Crippen LogP contribution in [0.1, 0.15) is 37.9 Å². The van der Waals surface area contributed by atoms with Crippen molar-refractivity contribution in [3.8, 4) is 0 Å². The van der Waals surface area contributed by atoms with Gasteiger partial charge in [-0.1, -0.05) is 29.8 Å². The van der Waals surface area contributed by atoms with E-state index in [4.69, 9.17) is 5.73 Å². The van der Waals surface area contributed by atoms with Crippen LogP contribution in [0.3, 0.4) is 0 Å². The van der Waals surface area contributed by atoms with E-state index in [-0.39, 0.29) is 24.0 Å². The van der Waals surface area contributed by atoms with Gasteiger partial charge < -0.3 is 11.1 Å². The minimum Gasteiger partial charge on any atom is -0.353 e. The zero-order chi connectivity index (χ0) is 15.3. The van der Waals surface area contributed by atoms with E-state index < -0.39 is 0 Å². The Morgan fingerprint density at radius 1 is 1.35 bits per heavy atom. The van der Waals surface area contributed by atoms with E-state index in [0.29, 0.717) is 6.54 Å². The Labute approximate surface area is 122 Å². The lowest BCUT2D eigenvalue weighted by Crippen LogP contribution is -2.44. The molecule has 0 saturated heterocycles. The van der Waals surface area contributed by atoms with E-state index in [0.717, 1.165) is 5.56 Å². The molecular weight excluding hydrogens is 250 g/mol. The van der Waals surface area contributed by atoms with Gasteiger partial charge in [0.1, 0.15) is 0 Å². The normalized spacial score (nSPS) is 14.4. The third kappa shape index (κ3) is 4.94. The summed E-state index contributed by atoms with van der Waals surface area (Å²) >= 11 is 0. The minimum atomic E-state index is -0.0475. The van der Waals surface area contributed by atoms with E-state index in [1.54, 1.807) is 0 Å². The Morgan fingerprint density at radius 3 is 2.50 bits per heavy atom. The summed E-state index contributed by atoms with van der Waals surface area (Å²) in [6, 6.07) is 8.43. The van der Waals surface area contributed by atoms with Crippen LogP contribution < -0.4 is 11.1 Å². The lowest BCUT2D eigenvalue weighted by Gasteiger charge is -2.31. The molecular formula is C16H27N3O. The number of hydrogen-bond acceptors (Lipinski definition) is 3. The Balaban J connectivity index is 2.83. The molecule has 20 heavy (non-hydrogen) atoms. The quantitative estimate of drug-likeness (QED) is 0.834. The molecule has 0 saturated carbocycles. The fourth-order valence-electron chi connectivity index (χ4n) is 2.51. The lowest BCUT2D eigenvalue weighted by molar-refractivity contribution is -0.123. The van der Waals surface area contributed by atoms with Crippen molar-refractivity contribution in [1.29, 1.82) is 0 Å². The van der Waals surface area contributed by atoms with E-state index in [9.17, 15) is 4.79 Å². The predicted octanol–water partition coefficient (Wildman–Crippen LogP) is 1.84. The van der Waals surface area contributed by atoms with E-state index in [1.165, 1.54) is 5.56 Å². The molecule has 1 aromatic rings. The summed E-state index contributed by atoms with van der Waals surface area (Å²) < 4.78 is 0. The van der Waals surface area contributed by atoms with Gasteiger partial charge in [-0.3, -0.25) is 9.69 Å². The van der Waals surface area contributed by atoms with Crippen LogP contribution in [0.25, 0.3) is 0 Å². The number of likely N-dealkylation sites (N-methyl/N-ethyl adjacent to an activating group) is 1. The van der Waals surface area contributed by atoms with Crippen molar-refractivity contribution in [2.45, 2.75) is 45.8 Å². The standard InChI is InChI=1S/C16H27N3O/c1-11(2)18-15(20)10-19(5)16(13(4)17)14-8-6-7-12(3)9-14/h6-9,11,13,16H,10,17H2,1-5H3,(H,18,20). The van der Waals surface area contributed by atoms with Gasteiger partial charge in [-0.2, -0.15) is 0 Å². The maximum absolute atomic E-state index is 11.9. The molecule has 4 heteroatoms. The SMILES string of the molecule is Cc1cccc(C(C(C)N)N(C)CC(=O)NC(C)C)c1. The van der Waals surface area contributed by atoms with Gasteiger partial charge in [0.25, 0.3) is 0 Å². The Kier molecular flexibility index (Phi) is 6.17. The lowest BCUT2D eigenvalue weighted by atomic mass is 9.98. The van der Waals surface area contributed by atoms with Gasteiger partial charge in [0.05, 0.1) is 6.54 Å². The van der Waals surface area contributed by atoms with Gasteiger partial charge in [0, 0.05) is 18.1 Å². The molecule has 2 atom stereocenters. The zero-order valence-electron chi connectivity index (χ0n) is 13.2. The molecule has 0 aliphatic heterocycles. The van der Waals surface area contributed by atoms with Crippen molar-refractivity contribution in [3.05, 3.63) is 35.4 Å². The largest absolute Gasteiger partial charge is 0.353 e. The number of nitrogens with one attached hydrogen (secondary N) is 1. The number of aryl methyl sites for hydroxylation is 1. The molecule has 1 rings (SSSR count). The Morgan fingerprint density at radius 2 is 2.00 bits per heavy atom. The molecule has 0 radical (unpaired) electrons. The molecule has 0 spiro atoms. The third-order valence-corrected chi connectivity index (χ3v) is 3.20. The van der Waals surface area contributed by atoms with Crippen molar-refractivity contribution >= 4 is 5.91 Å². The average Bonchev–Trinajstić information content (AvgIpc) is 2.26. The topological polar surface area (TPSA) is 58.4 Å². The van der Waals surface area contributed by atoms with Crippen molar-refractivity contribution in [2.24, 2.45) is 5.73 Å². The van der Waals surface area contributed by atoms with Gasteiger partial charge >= 0.3 is 0 Å². The molecule has 0 aliphatic carbocycles. The molecule has 3 N–H and O–H groups in total. The van der Waals surface area contributed by atoms with Crippen LogP contribution in [-0.4, -0.2) is 36.5 Å². The smallest absolute Gasteiger partial charge is 0.234 e. The van der Waals surface area contributed by atoms with Crippen molar-refractivity contribution in [1.82, 2.24) is 10.2 Å². The van der Waals surface area contributed by atoms with E-state index in [1.807, 2.05) is 38.8 Å². The molecule has 1 aromatic carbocycles. The molecule has 4 nitrogen and oxygen atoms in total. The Bertz CT molecular complexity index is 443. The number of carbonyl (C=O) groups excluding carboxylic acids is 1. The Hall–Kier alpha value is -1.39. The predicted molar refractivity (Wildman–Crippen MR) is 83.5 cm³/mol. The number of amides is 1. The number of nitrogens with zero attached hydrogens (tertiary/aromatic N) is 1. The fourth-order valence-corrected chi connectivity index (χ4v) is 2.51. The van der Waals surface area contributed by atoms with Crippen LogP contribution in [0.4, 0.5) is 0 Å². The zero-order valence-corrected chi connectivity index (χ0v) is 13.2. The molecule has 0 bridgehead atoms. The highest BCUT2D eigenvalue weighted by Crippen LogP contribution is 2.22. The summed E-state index contributed by atoms with van der Waals surface area (Å²) in [5.41, 5.74) is 8.48. The van der Waals surface area contributed by atoms with Crippen molar-refractivity contribution < 1.29 is 4.79 Å². The first-order valence-corrected chi connectivity index (χ1v) is 7.13. The third-order valence-electron chi connectivity index (χ3n) is 3.20. The first-order chi connectivity index (χ1) is 9.31. The highest BCUT2D eigenvalue weighted by molar-refractivity contribution is 5.78. The van der Waals surface area contributed by atoms with Gasteiger partial charge in [-0.15, -0.1) is 0 Å². The summed E-state index contributed by atoms with van der Waals surface area (Å²) in [6.07, 6.45) is 0. The highest BCUT2D eigenvalue weighted by Gasteiger charge is 2.23. The van der Waals surface area contributed by atoms with Crippen molar-refractivity contribution in [2.75, 3.05) is 13.6 Å². The van der Waals surface area contributed by atoms with Gasteiger partial charge in [-0.05, 0) is 40.3 Å². The summed E-state index contributed by atoms with van der Waals surface area (Å²) in [6.45, 7) is 8.30. The molecule has 0 aliphatic rings. The molecule has 112 valence electrons. The number of rotatable bonds is 6. The number of nitrogens with two attached hydrogens (primary N) is 1.